The molecule has 1 aromatic heterocycles. The lowest BCUT2D eigenvalue weighted by Gasteiger charge is -2.34. The van der Waals surface area contributed by atoms with Crippen LogP contribution in [0, 0.1) is 12.8 Å². The van der Waals surface area contributed by atoms with Crippen molar-refractivity contribution in [2.75, 3.05) is 25.0 Å². The zero-order chi connectivity index (χ0) is 35.0. The number of hydrogen-bond donors (Lipinski definition) is 3. The number of ketones is 1. The number of nitrogens with zero attached hydrogens (tertiary/aromatic N) is 3. The number of anilines is 1. The quantitative estimate of drug-likeness (QED) is 0.181. The molecule has 3 amide bonds. The van der Waals surface area contributed by atoms with E-state index in [0.29, 0.717) is 31.5 Å². The maximum atomic E-state index is 14.1. The molecule has 11 heteroatoms. The molecule has 2 heterocycles. The highest BCUT2D eigenvalue weighted by Crippen LogP contribution is 2.27. The third kappa shape index (κ3) is 9.27. The fourth-order valence-electron chi connectivity index (χ4n) is 5.72. The van der Waals surface area contributed by atoms with Crippen molar-refractivity contribution in [3.63, 3.8) is 0 Å². The molecule has 0 aliphatic carbocycles. The minimum absolute atomic E-state index is 0.100. The van der Waals surface area contributed by atoms with Gasteiger partial charge in [-0.25, -0.2) is 4.98 Å². The number of likely N-dealkylation sites (tertiary alicyclic amines) is 1. The number of aromatic nitrogens is 2. The number of imidazole rings is 1. The Morgan fingerprint density at radius 3 is 2.20 bits per heavy atom. The van der Waals surface area contributed by atoms with Crippen molar-refractivity contribution in [3.05, 3.63) is 120 Å². The van der Waals surface area contributed by atoms with Crippen LogP contribution in [0.25, 0.3) is 0 Å². The first-order valence-corrected chi connectivity index (χ1v) is 16.5. The first-order valence-electron chi connectivity index (χ1n) is 16.5. The first kappa shape index (κ1) is 35.2. The third-order valence-electron chi connectivity index (χ3n) is 8.62. The largest absolute Gasteiger partial charge is 0.374 e. The fourth-order valence-corrected chi connectivity index (χ4v) is 5.72. The van der Waals surface area contributed by atoms with E-state index >= 15 is 0 Å². The van der Waals surface area contributed by atoms with Crippen molar-refractivity contribution in [3.8, 4) is 0 Å². The van der Waals surface area contributed by atoms with Gasteiger partial charge in [-0.3, -0.25) is 19.2 Å². The number of nitrogens with two attached hydrogens (primary N) is 1. The Bertz CT molecular complexity index is 1730. The maximum Gasteiger partial charge on any atom is 0.250 e. The molecule has 49 heavy (non-hydrogen) atoms. The summed E-state index contributed by atoms with van der Waals surface area (Å²) in [6.45, 7) is 6.14. The molecule has 1 fully saturated rings. The molecule has 2 unspecified atom stereocenters. The van der Waals surface area contributed by atoms with Gasteiger partial charge < -0.3 is 30.6 Å². The number of carbonyl (C=O) groups is 4. The SMILES string of the molecule is Cc1ccc(C(=O)C2CCN(C(=O)C(c3ccccc3)n3cnc(NC(=O)C(COCc4ccccc4)NC(=O)C(C)(C)N)c3)CC2)cc1. The van der Waals surface area contributed by atoms with Gasteiger partial charge in [-0.1, -0.05) is 90.5 Å². The molecule has 11 nitrogen and oxygen atoms in total. The number of Topliss-reactive ketones (excluding diaryl/α,β-unsaturated/α-hetero) is 1. The summed E-state index contributed by atoms with van der Waals surface area (Å²) < 4.78 is 7.46. The molecule has 0 radical (unpaired) electrons. The summed E-state index contributed by atoms with van der Waals surface area (Å²) in [7, 11) is 0. The lowest BCUT2D eigenvalue weighted by Crippen LogP contribution is -2.56. The molecule has 0 bridgehead atoms. The number of amides is 3. The van der Waals surface area contributed by atoms with Gasteiger partial charge in [-0.2, -0.15) is 0 Å². The number of benzene rings is 3. The van der Waals surface area contributed by atoms with Gasteiger partial charge in [0.05, 0.1) is 25.1 Å². The highest BCUT2D eigenvalue weighted by Gasteiger charge is 2.33. The zero-order valence-corrected chi connectivity index (χ0v) is 28.2. The van der Waals surface area contributed by atoms with Gasteiger partial charge in [0.1, 0.15) is 12.1 Å². The number of rotatable bonds is 13. The van der Waals surface area contributed by atoms with E-state index in [4.69, 9.17) is 10.5 Å². The van der Waals surface area contributed by atoms with E-state index in [2.05, 4.69) is 15.6 Å². The number of carbonyl (C=O) groups excluding carboxylic acids is 4. The van der Waals surface area contributed by atoms with Crippen LogP contribution in [0.1, 0.15) is 59.8 Å². The number of aryl methyl sites for hydroxylation is 1. The Balaban J connectivity index is 1.27. The van der Waals surface area contributed by atoms with E-state index in [-0.39, 0.29) is 36.6 Å². The van der Waals surface area contributed by atoms with Crippen LogP contribution in [-0.2, 0) is 25.7 Å². The van der Waals surface area contributed by atoms with Crippen LogP contribution >= 0.6 is 0 Å². The summed E-state index contributed by atoms with van der Waals surface area (Å²) in [6, 6.07) is 24.6. The van der Waals surface area contributed by atoms with Gasteiger partial charge in [-0.05, 0) is 44.7 Å². The second-order valence-corrected chi connectivity index (χ2v) is 13.1. The molecular formula is C38H44N6O5. The molecule has 256 valence electrons. The van der Waals surface area contributed by atoms with Crippen molar-refractivity contribution in [1.82, 2.24) is 19.8 Å². The highest BCUT2D eigenvalue weighted by atomic mass is 16.5. The van der Waals surface area contributed by atoms with Crippen molar-refractivity contribution >= 4 is 29.3 Å². The van der Waals surface area contributed by atoms with Gasteiger partial charge in [0.25, 0.3) is 5.91 Å². The minimum Gasteiger partial charge on any atom is -0.374 e. The van der Waals surface area contributed by atoms with Crippen LogP contribution in [0.15, 0.2) is 97.5 Å². The van der Waals surface area contributed by atoms with Crippen LogP contribution in [0.2, 0.25) is 0 Å². The van der Waals surface area contributed by atoms with Gasteiger partial charge >= 0.3 is 0 Å². The molecular weight excluding hydrogens is 620 g/mol. The van der Waals surface area contributed by atoms with Crippen LogP contribution in [0.3, 0.4) is 0 Å². The molecule has 4 aromatic rings. The third-order valence-corrected chi connectivity index (χ3v) is 8.62. The van der Waals surface area contributed by atoms with Crippen LogP contribution in [-0.4, -0.2) is 69.2 Å². The molecule has 0 saturated carbocycles. The summed E-state index contributed by atoms with van der Waals surface area (Å²) in [5.41, 5.74) is 8.24. The fraction of sp³-hybridized carbons (Fsp3) is 0.342. The first-order chi connectivity index (χ1) is 23.5. The zero-order valence-electron chi connectivity index (χ0n) is 28.2. The molecule has 1 aliphatic rings. The number of hydrogen-bond acceptors (Lipinski definition) is 7. The normalized spacial score (nSPS) is 14.9. The second-order valence-electron chi connectivity index (χ2n) is 13.1. The molecule has 0 spiro atoms. The van der Waals surface area contributed by atoms with E-state index in [1.807, 2.05) is 91.9 Å². The number of piperidine rings is 1. The predicted octanol–water partition coefficient (Wildman–Crippen LogP) is 4.28. The second kappa shape index (κ2) is 15.8. The number of nitrogens with one attached hydrogen (secondary N) is 2. The summed E-state index contributed by atoms with van der Waals surface area (Å²) in [4.78, 5) is 59.6. The number of ether oxygens (including phenoxy) is 1. The summed E-state index contributed by atoms with van der Waals surface area (Å²) in [5, 5.41) is 5.44. The molecule has 3 aromatic carbocycles. The monoisotopic (exact) mass is 664 g/mol. The lowest BCUT2D eigenvalue weighted by molar-refractivity contribution is -0.134. The van der Waals surface area contributed by atoms with Gasteiger partial charge in [-0.15, -0.1) is 0 Å². The van der Waals surface area contributed by atoms with Gasteiger partial charge in [0.2, 0.25) is 11.8 Å². The summed E-state index contributed by atoms with van der Waals surface area (Å²) >= 11 is 0. The van der Waals surface area contributed by atoms with Crippen LogP contribution < -0.4 is 16.4 Å². The van der Waals surface area contributed by atoms with E-state index in [0.717, 1.165) is 16.7 Å². The Morgan fingerprint density at radius 1 is 0.939 bits per heavy atom. The molecule has 4 N–H and O–H groups in total. The van der Waals surface area contributed by atoms with E-state index < -0.39 is 29.4 Å². The molecule has 1 saturated heterocycles. The Hall–Kier alpha value is -5.13. The average Bonchev–Trinajstić information content (AvgIpc) is 3.56. The van der Waals surface area contributed by atoms with Crippen LogP contribution in [0.4, 0.5) is 5.82 Å². The minimum atomic E-state index is -1.22. The van der Waals surface area contributed by atoms with E-state index in [9.17, 15) is 19.2 Å². The van der Waals surface area contributed by atoms with Gasteiger partial charge in [0.15, 0.2) is 11.6 Å². The molecule has 1 aliphatic heterocycles. The average molecular weight is 665 g/mol. The Morgan fingerprint density at radius 2 is 1.57 bits per heavy atom. The van der Waals surface area contributed by atoms with Crippen molar-refractivity contribution in [2.45, 2.75) is 57.8 Å². The van der Waals surface area contributed by atoms with E-state index in [1.165, 1.54) is 6.33 Å². The Kier molecular flexibility index (Phi) is 11.4. The van der Waals surface area contributed by atoms with Crippen molar-refractivity contribution < 1.29 is 23.9 Å². The summed E-state index contributed by atoms with van der Waals surface area (Å²) in [5.74, 6) is -1.02. The molecule has 2 atom stereocenters. The topological polar surface area (TPSA) is 149 Å². The Labute approximate surface area is 286 Å². The van der Waals surface area contributed by atoms with Crippen molar-refractivity contribution in [2.24, 2.45) is 11.7 Å². The molecule has 5 rings (SSSR count). The van der Waals surface area contributed by atoms with Crippen LogP contribution in [0.5, 0.6) is 0 Å². The standard InChI is InChI=1S/C38H44N6O5/c1-26-14-16-29(17-15-26)34(45)30-18-20-43(21-19-30)36(47)33(28-12-8-5-9-13-28)44-22-32(40-25-44)42-35(46)31(41-37(48)38(2,3)39)24-49-23-27-10-6-4-7-11-27/h4-17,22,25,30-31,33H,18-21,23-24,39H2,1-3H3,(H,41,48)(H,42,46). The van der Waals surface area contributed by atoms with E-state index in [1.54, 1.807) is 29.5 Å². The lowest BCUT2D eigenvalue weighted by atomic mass is 9.88. The van der Waals surface area contributed by atoms with Crippen molar-refractivity contribution in [1.29, 1.82) is 0 Å². The van der Waals surface area contributed by atoms with Gasteiger partial charge in [0, 0.05) is 30.8 Å². The maximum absolute atomic E-state index is 14.1. The summed E-state index contributed by atoms with van der Waals surface area (Å²) in [6.07, 6.45) is 4.24. The predicted molar refractivity (Wildman–Crippen MR) is 187 cm³/mol. The highest BCUT2D eigenvalue weighted by molar-refractivity contribution is 5.99. The smallest absolute Gasteiger partial charge is 0.250 e.